The Bertz CT molecular complexity index is 448. The number of carboxylic acids is 1. The molecule has 0 saturated carbocycles. The predicted molar refractivity (Wildman–Crippen MR) is 56.6 cm³/mol. The van der Waals surface area contributed by atoms with Gasteiger partial charge >= 0.3 is 5.97 Å². The third kappa shape index (κ3) is 3.24. The molecular weight excluding hydrogens is 232 g/mol. The molecule has 4 nitrogen and oxygen atoms in total. The lowest BCUT2D eigenvalue weighted by molar-refractivity contribution is -0.136. The van der Waals surface area contributed by atoms with E-state index in [2.05, 4.69) is 0 Å². The lowest BCUT2D eigenvalue weighted by Gasteiger charge is -2.20. The van der Waals surface area contributed by atoms with Gasteiger partial charge in [0.15, 0.2) is 0 Å². The van der Waals surface area contributed by atoms with Crippen LogP contribution in [0.25, 0.3) is 0 Å². The van der Waals surface area contributed by atoms with Gasteiger partial charge in [-0.1, -0.05) is 6.92 Å². The number of aliphatic carboxylic acids is 1. The van der Waals surface area contributed by atoms with E-state index in [0.29, 0.717) is 6.07 Å². The Hall–Kier alpha value is -1.98. The molecule has 0 atom stereocenters. The summed E-state index contributed by atoms with van der Waals surface area (Å²) in [6, 6.07) is 2.62. The molecular formula is C11H11F2NO3. The summed E-state index contributed by atoms with van der Waals surface area (Å²) in [5.74, 6) is -3.56. The van der Waals surface area contributed by atoms with Gasteiger partial charge in [-0.05, 0) is 12.1 Å². The second-order valence-corrected chi connectivity index (χ2v) is 3.32. The molecule has 0 aliphatic rings. The summed E-state index contributed by atoms with van der Waals surface area (Å²) >= 11 is 0. The Labute approximate surface area is 96.5 Å². The highest BCUT2D eigenvalue weighted by Gasteiger charge is 2.20. The Morgan fingerprint density at radius 3 is 2.47 bits per heavy atom. The number of carboxylic acid groups (broad SMARTS) is 1. The third-order valence-electron chi connectivity index (χ3n) is 2.10. The van der Waals surface area contributed by atoms with Crippen molar-refractivity contribution in [3.05, 3.63) is 29.8 Å². The van der Waals surface area contributed by atoms with Crippen molar-refractivity contribution in [1.29, 1.82) is 0 Å². The molecule has 0 spiro atoms. The van der Waals surface area contributed by atoms with Crippen molar-refractivity contribution in [1.82, 2.24) is 0 Å². The summed E-state index contributed by atoms with van der Waals surface area (Å²) in [6.07, 6.45) is 0.0318. The van der Waals surface area contributed by atoms with Crippen LogP contribution >= 0.6 is 0 Å². The minimum absolute atomic E-state index is 0.0318. The fourth-order valence-electron chi connectivity index (χ4n) is 1.33. The van der Waals surface area contributed by atoms with Crippen LogP contribution in [0.1, 0.15) is 13.3 Å². The molecule has 0 aliphatic heterocycles. The molecule has 6 heteroatoms. The van der Waals surface area contributed by atoms with Gasteiger partial charge in [-0.15, -0.1) is 0 Å². The van der Waals surface area contributed by atoms with Gasteiger partial charge < -0.3 is 5.11 Å². The maximum absolute atomic E-state index is 13.4. The molecule has 1 amide bonds. The fourth-order valence-corrected chi connectivity index (χ4v) is 1.33. The van der Waals surface area contributed by atoms with Crippen molar-refractivity contribution in [3.8, 4) is 0 Å². The van der Waals surface area contributed by atoms with Gasteiger partial charge in [-0.2, -0.15) is 0 Å². The molecule has 0 aliphatic carbocycles. The number of benzene rings is 1. The first-order valence-corrected chi connectivity index (χ1v) is 4.93. The smallest absolute Gasteiger partial charge is 0.323 e. The molecule has 1 rings (SSSR count). The van der Waals surface area contributed by atoms with Crippen LogP contribution in [0.2, 0.25) is 0 Å². The second kappa shape index (κ2) is 5.38. The Morgan fingerprint density at radius 2 is 2.00 bits per heavy atom. The Balaban J connectivity index is 3.12. The number of rotatable bonds is 4. The summed E-state index contributed by atoms with van der Waals surface area (Å²) in [7, 11) is 0. The van der Waals surface area contributed by atoms with Crippen molar-refractivity contribution in [2.75, 3.05) is 11.4 Å². The lowest BCUT2D eigenvalue weighted by atomic mass is 10.2. The van der Waals surface area contributed by atoms with Crippen LogP contribution < -0.4 is 4.90 Å². The second-order valence-electron chi connectivity index (χ2n) is 3.32. The zero-order valence-electron chi connectivity index (χ0n) is 9.11. The highest BCUT2D eigenvalue weighted by Crippen LogP contribution is 2.20. The average molecular weight is 243 g/mol. The van der Waals surface area contributed by atoms with Crippen LogP contribution in [0.5, 0.6) is 0 Å². The summed E-state index contributed by atoms with van der Waals surface area (Å²) in [6.45, 7) is 0.869. The number of anilines is 1. The maximum atomic E-state index is 13.4. The van der Waals surface area contributed by atoms with Gasteiger partial charge in [0.2, 0.25) is 5.91 Å². The molecule has 0 aromatic heterocycles. The number of hydrogen-bond donors (Lipinski definition) is 1. The van der Waals surface area contributed by atoms with Gasteiger partial charge in [-0.3, -0.25) is 14.5 Å². The van der Waals surface area contributed by atoms with Crippen molar-refractivity contribution >= 4 is 17.6 Å². The Kier molecular flexibility index (Phi) is 4.14. The van der Waals surface area contributed by atoms with Crippen LogP contribution in [-0.4, -0.2) is 23.5 Å². The minimum atomic E-state index is -1.27. The van der Waals surface area contributed by atoms with Gasteiger partial charge in [0.25, 0.3) is 0 Å². The molecule has 0 saturated heterocycles. The molecule has 0 unspecified atom stereocenters. The van der Waals surface area contributed by atoms with Crippen molar-refractivity contribution in [2.24, 2.45) is 0 Å². The van der Waals surface area contributed by atoms with Crippen LogP contribution in [0.3, 0.4) is 0 Å². The maximum Gasteiger partial charge on any atom is 0.323 e. The first kappa shape index (κ1) is 13.1. The molecule has 1 aromatic rings. The van der Waals surface area contributed by atoms with Crippen molar-refractivity contribution in [3.63, 3.8) is 0 Å². The molecule has 0 bridgehead atoms. The molecule has 1 N–H and O–H groups in total. The Morgan fingerprint density at radius 1 is 1.35 bits per heavy atom. The summed E-state index contributed by atoms with van der Waals surface area (Å²) < 4.78 is 26.1. The summed E-state index contributed by atoms with van der Waals surface area (Å²) in [5.41, 5.74) is -0.236. The van der Waals surface area contributed by atoms with E-state index in [1.165, 1.54) is 6.92 Å². The highest BCUT2D eigenvalue weighted by molar-refractivity contribution is 5.97. The number of amides is 1. The first-order valence-electron chi connectivity index (χ1n) is 4.93. The number of halogens is 2. The lowest BCUT2D eigenvalue weighted by Crippen LogP contribution is -2.35. The van der Waals surface area contributed by atoms with Crippen LogP contribution in [0, 0.1) is 11.6 Å². The van der Waals surface area contributed by atoms with Crippen LogP contribution in [-0.2, 0) is 9.59 Å². The number of nitrogens with zero attached hydrogens (tertiary/aromatic N) is 1. The van der Waals surface area contributed by atoms with E-state index in [0.717, 1.165) is 17.0 Å². The summed E-state index contributed by atoms with van der Waals surface area (Å²) in [4.78, 5) is 22.9. The van der Waals surface area contributed by atoms with Gasteiger partial charge in [-0.25, -0.2) is 8.78 Å². The predicted octanol–water partition coefficient (Wildman–Crippen LogP) is 1.79. The zero-order chi connectivity index (χ0) is 13.0. The van der Waals surface area contributed by atoms with Crippen LogP contribution in [0.15, 0.2) is 18.2 Å². The van der Waals surface area contributed by atoms with Gasteiger partial charge in [0.05, 0.1) is 5.69 Å². The van der Waals surface area contributed by atoms with E-state index in [1.54, 1.807) is 0 Å². The molecule has 17 heavy (non-hydrogen) atoms. The molecule has 0 fully saturated rings. The van der Waals surface area contributed by atoms with Crippen LogP contribution in [0.4, 0.5) is 14.5 Å². The first-order chi connectivity index (χ1) is 7.95. The number of hydrogen-bond acceptors (Lipinski definition) is 2. The monoisotopic (exact) mass is 243 g/mol. The van der Waals surface area contributed by atoms with E-state index >= 15 is 0 Å². The van der Waals surface area contributed by atoms with E-state index < -0.39 is 30.1 Å². The minimum Gasteiger partial charge on any atom is -0.480 e. The normalized spacial score (nSPS) is 10.1. The molecule has 0 radical (unpaired) electrons. The third-order valence-corrected chi connectivity index (χ3v) is 2.10. The number of carbonyl (C=O) groups excluding carboxylic acids is 1. The van der Waals surface area contributed by atoms with Gasteiger partial charge in [0, 0.05) is 12.5 Å². The topological polar surface area (TPSA) is 57.6 Å². The van der Waals surface area contributed by atoms with Crippen molar-refractivity contribution in [2.45, 2.75) is 13.3 Å². The van der Waals surface area contributed by atoms with Gasteiger partial charge in [0.1, 0.15) is 18.2 Å². The number of carbonyl (C=O) groups is 2. The SMILES string of the molecule is CCC(=O)N(CC(=O)O)c1ccc(F)cc1F. The van der Waals surface area contributed by atoms with E-state index in [1.807, 2.05) is 0 Å². The largest absolute Gasteiger partial charge is 0.480 e. The average Bonchev–Trinajstić information content (AvgIpc) is 2.25. The zero-order valence-corrected chi connectivity index (χ0v) is 9.11. The standard InChI is InChI=1S/C11H11F2NO3/c1-2-10(15)14(6-11(16)17)9-4-3-7(12)5-8(9)13/h3-5H,2,6H2,1H3,(H,16,17). The summed E-state index contributed by atoms with van der Waals surface area (Å²) in [5, 5.41) is 8.64. The highest BCUT2D eigenvalue weighted by atomic mass is 19.1. The van der Waals surface area contributed by atoms with Crippen molar-refractivity contribution < 1.29 is 23.5 Å². The fraction of sp³-hybridized carbons (Fsp3) is 0.273. The van der Waals surface area contributed by atoms with E-state index in [9.17, 15) is 18.4 Å². The molecule has 0 heterocycles. The van der Waals surface area contributed by atoms with E-state index in [-0.39, 0.29) is 12.1 Å². The van der Waals surface area contributed by atoms with E-state index in [4.69, 9.17) is 5.11 Å². The molecule has 1 aromatic carbocycles. The molecule has 92 valence electrons. The quantitative estimate of drug-likeness (QED) is 0.877.